The fourth-order valence-electron chi connectivity index (χ4n) is 4.19. The predicted molar refractivity (Wildman–Crippen MR) is 131 cm³/mol. The molecule has 0 radical (unpaired) electrons. The molecule has 1 aliphatic heterocycles. The SMILES string of the molecule is Cc1ccc(C)c(C2=NN(C(=O)CN(C)Cc3ccccc3)[C@H](c3ccccc3Cl)C2)c1. The highest BCUT2D eigenvalue weighted by atomic mass is 35.5. The maximum atomic E-state index is 13.4. The van der Waals surface area contributed by atoms with Crippen molar-refractivity contribution in [1.82, 2.24) is 9.91 Å². The third-order valence-electron chi connectivity index (χ3n) is 5.83. The van der Waals surface area contributed by atoms with Gasteiger partial charge >= 0.3 is 0 Å². The predicted octanol–water partition coefficient (Wildman–Crippen LogP) is 5.77. The average Bonchev–Trinajstić information content (AvgIpc) is 3.21. The first-order valence-electron chi connectivity index (χ1n) is 10.9. The Labute approximate surface area is 195 Å². The van der Waals surface area contributed by atoms with Gasteiger partial charge in [0.15, 0.2) is 0 Å². The second-order valence-corrected chi connectivity index (χ2v) is 8.91. The number of nitrogens with zero attached hydrogens (tertiary/aromatic N) is 3. The van der Waals surface area contributed by atoms with E-state index in [1.807, 2.05) is 54.4 Å². The van der Waals surface area contributed by atoms with Gasteiger partial charge in [-0.2, -0.15) is 5.10 Å². The van der Waals surface area contributed by atoms with E-state index in [2.05, 4.69) is 44.2 Å². The highest BCUT2D eigenvalue weighted by Crippen LogP contribution is 2.37. The van der Waals surface area contributed by atoms with Crippen molar-refractivity contribution >= 4 is 23.2 Å². The number of rotatable bonds is 6. The van der Waals surface area contributed by atoms with Crippen LogP contribution in [0, 0.1) is 13.8 Å². The molecule has 0 unspecified atom stereocenters. The topological polar surface area (TPSA) is 35.9 Å². The van der Waals surface area contributed by atoms with E-state index in [4.69, 9.17) is 16.7 Å². The lowest BCUT2D eigenvalue weighted by atomic mass is 9.95. The first-order valence-corrected chi connectivity index (χ1v) is 11.2. The molecule has 3 aromatic carbocycles. The standard InChI is InChI=1S/C27H28ClN3O/c1-19-13-14-20(2)23(15-19)25-16-26(22-11-7-8-12-24(22)28)31(29-25)27(32)18-30(3)17-21-9-5-4-6-10-21/h4-15,26H,16-18H2,1-3H3/t26-/m0/s1. The van der Waals surface area contributed by atoms with Crippen molar-refractivity contribution in [2.45, 2.75) is 32.9 Å². The molecule has 5 heteroatoms. The fraction of sp³-hybridized carbons (Fsp3) is 0.259. The van der Waals surface area contributed by atoms with Crippen molar-refractivity contribution in [1.29, 1.82) is 0 Å². The van der Waals surface area contributed by atoms with E-state index in [0.29, 0.717) is 18.0 Å². The largest absolute Gasteiger partial charge is 0.293 e. The Balaban J connectivity index is 1.61. The number of hydrazone groups is 1. The number of hydrogen-bond donors (Lipinski definition) is 0. The summed E-state index contributed by atoms with van der Waals surface area (Å²) in [7, 11) is 1.96. The van der Waals surface area contributed by atoms with Crippen LogP contribution in [-0.4, -0.2) is 35.1 Å². The third-order valence-corrected chi connectivity index (χ3v) is 6.18. The van der Waals surface area contributed by atoms with E-state index < -0.39 is 0 Å². The summed E-state index contributed by atoms with van der Waals surface area (Å²) in [5.74, 6) is -0.0337. The lowest BCUT2D eigenvalue weighted by Crippen LogP contribution is -2.36. The normalized spacial score (nSPS) is 15.8. The van der Waals surface area contributed by atoms with Gasteiger partial charge in [0.25, 0.3) is 5.91 Å². The Kier molecular flexibility index (Phi) is 6.73. The van der Waals surface area contributed by atoms with E-state index in [9.17, 15) is 4.79 Å². The number of hydrogen-bond acceptors (Lipinski definition) is 3. The zero-order chi connectivity index (χ0) is 22.7. The van der Waals surface area contributed by atoms with Crippen LogP contribution in [0.2, 0.25) is 5.02 Å². The molecular formula is C27H28ClN3O. The van der Waals surface area contributed by atoms with Crippen LogP contribution in [0.3, 0.4) is 0 Å². The minimum absolute atomic E-state index is 0.0337. The average molecular weight is 446 g/mol. The molecule has 4 rings (SSSR count). The number of aryl methyl sites for hydroxylation is 2. The Hall–Kier alpha value is -2.95. The van der Waals surface area contributed by atoms with Crippen molar-refractivity contribution < 1.29 is 4.79 Å². The third kappa shape index (κ3) is 4.93. The minimum Gasteiger partial charge on any atom is -0.293 e. The highest BCUT2D eigenvalue weighted by Gasteiger charge is 2.34. The molecule has 32 heavy (non-hydrogen) atoms. The summed E-state index contributed by atoms with van der Waals surface area (Å²) in [6, 6.07) is 24.0. The number of carbonyl (C=O) groups is 1. The van der Waals surface area contributed by atoms with Gasteiger partial charge in [-0.15, -0.1) is 0 Å². The molecule has 164 valence electrons. The quantitative estimate of drug-likeness (QED) is 0.483. The lowest BCUT2D eigenvalue weighted by molar-refractivity contribution is -0.134. The number of amides is 1. The van der Waals surface area contributed by atoms with Crippen molar-refractivity contribution in [2.75, 3.05) is 13.6 Å². The monoisotopic (exact) mass is 445 g/mol. The van der Waals surface area contributed by atoms with Crippen LogP contribution >= 0.6 is 11.6 Å². The maximum absolute atomic E-state index is 13.4. The van der Waals surface area contributed by atoms with Gasteiger partial charge < -0.3 is 0 Å². The first kappa shape index (κ1) is 22.3. The zero-order valence-electron chi connectivity index (χ0n) is 18.8. The summed E-state index contributed by atoms with van der Waals surface area (Å²) < 4.78 is 0. The van der Waals surface area contributed by atoms with Crippen molar-refractivity contribution in [2.24, 2.45) is 5.10 Å². The molecule has 4 nitrogen and oxygen atoms in total. The van der Waals surface area contributed by atoms with Crippen LogP contribution in [0.1, 0.15) is 40.3 Å². The number of benzene rings is 3. The fourth-order valence-corrected chi connectivity index (χ4v) is 4.45. The zero-order valence-corrected chi connectivity index (χ0v) is 19.5. The van der Waals surface area contributed by atoms with Gasteiger partial charge in [-0.25, -0.2) is 5.01 Å². The molecule has 1 amide bonds. The van der Waals surface area contributed by atoms with Crippen molar-refractivity contribution in [3.05, 3.63) is 106 Å². The molecule has 0 N–H and O–H groups in total. The molecule has 0 spiro atoms. The molecule has 0 aromatic heterocycles. The lowest BCUT2D eigenvalue weighted by Gasteiger charge is -2.25. The summed E-state index contributed by atoms with van der Waals surface area (Å²) in [5.41, 5.74) is 6.45. The van der Waals surface area contributed by atoms with E-state index >= 15 is 0 Å². The summed E-state index contributed by atoms with van der Waals surface area (Å²) >= 11 is 6.54. The van der Waals surface area contributed by atoms with Crippen LogP contribution in [-0.2, 0) is 11.3 Å². The summed E-state index contributed by atoms with van der Waals surface area (Å²) in [4.78, 5) is 15.4. The van der Waals surface area contributed by atoms with Crippen LogP contribution in [0.25, 0.3) is 0 Å². The van der Waals surface area contributed by atoms with Gasteiger partial charge in [0.2, 0.25) is 0 Å². The van der Waals surface area contributed by atoms with E-state index in [1.165, 1.54) is 11.1 Å². The molecule has 0 saturated carbocycles. The second-order valence-electron chi connectivity index (χ2n) is 8.50. The Morgan fingerprint density at radius 2 is 1.78 bits per heavy atom. The van der Waals surface area contributed by atoms with Gasteiger partial charge in [-0.3, -0.25) is 9.69 Å². The van der Waals surface area contributed by atoms with Crippen LogP contribution in [0.15, 0.2) is 77.9 Å². The van der Waals surface area contributed by atoms with Crippen LogP contribution in [0.5, 0.6) is 0 Å². The Morgan fingerprint density at radius 3 is 2.53 bits per heavy atom. The summed E-state index contributed by atoms with van der Waals surface area (Å²) in [6.07, 6.45) is 0.641. The smallest absolute Gasteiger partial charge is 0.257 e. The first-order chi connectivity index (χ1) is 15.4. The number of carbonyl (C=O) groups excluding carboxylic acids is 1. The molecular weight excluding hydrogens is 418 g/mol. The number of halogens is 1. The Morgan fingerprint density at radius 1 is 1.06 bits per heavy atom. The van der Waals surface area contributed by atoms with Gasteiger partial charge in [-0.05, 0) is 49.7 Å². The molecule has 3 aromatic rings. The van der Waals surface area contributed by atoms with Gasteiger partial charge in [-0.1, -0.05) is 77.8 Å². The van der Waals surface area contributed by atoms with E-state index in [0.717, 1.165) is 22.4 Å². The van der Waals surface area contributed by atoms with Crippen molar-refractivity contribution in [3.8, 4) is 0 Å². The van der Waals surface area contributed by atoms with E-state index in [1.54, 1.807) is 5.01 Å². The summed E-state index contributed by atoms with van der Waals surface area (Å²) in [5, 5.41) is 7.13. The van der Waals surface area contributed by atoms with Crippen LogP contribution in [0.4, 0.5) is 0 Å². The van der Waals surface area contributed by atoms with Gasteiger partial charge in [0.1, 0.15) is 0 Å². The minimum atomic E-state index is -0.212. The summed E-state index contributed by atoms with van der Waals surface area (Å²) in [6.45, 7) is 5.13. The molecule has 1 atom stereocenters. The molecule has 0 bridgehead atoms. The van der Waals surface area contributed by atoms with Crippen molar-refractivity contribution in [3.63, 3.8) is 0 Å². The van der Waals surface area contributed by atoms with Crippen LogP contribution < -0.4 is 0 Å². The van der Waals surface area contributed by atoms with Gasteiger partial charge in [0, 0.05) is 23.6 Å². The molecule has 0 saturated heterocycles. The molecule has 1 heterocycles. The molecule has 1 aliphatic rings. The highest BCUT2D eigenvalue weighted by molar-refractivity contribution is 6.31. The maximum Gasteiger partial charge on any atom is 0.257 e. The Bertz CT molecular complexity index is 1140. The molecule has 0 fully saturated rings. The molecule has 0 aliphatic carbocycles. The van der Waals surface area contributed by atoms with E-state index in [-0.39, 0.29) is 18.5 Å². The number of likely N-dealkylation sites (N-methyl/N-ethyl adjacent to an activating group) is 1. The van der Waals surface area contributed by atoms with Gasteiger partial charge in [0.05, 0.1) is 18.3 Å². The second kappa shape index (κ2) is 9.68.